The minimum absolute atomic E-state index is 0.188. The minimum Gasteiger partial charge on any atom is -0.497 e. The van der Waals surface area contributed by atoms with E-state index >= 15 is 0 Å². The van der Waals surface area contributed by atoms with Crippen LogP contribution in [-0.4, -0.2) is 32.1 Å². The summed E-state index contributed by atoms with van der Waals surface area (Å²) in [6.45, 7) is 6.47. The molecule has 1 aliphatic rings. The number of nitrogens with two attached hydrogens (primary N) is 1. The Kier molecular flexibility index (Phi) is 4.16. The van der Waals surface area contributed by atoms with Gasteiger partial charge in [0.1, 0.15) is 5.75 Å². The molecule has 0 saturated heterocycles. The van der Waals surface area contributed by atoms with Crippen molar-refractivity contribution < 1.29 is 4.74 Å². The first-order valence-electron chi connectivity index (χ1n) is 7.06. The predicted molar refractivity (Wildman–Crippen MR) is 79.5 cm³/mol. The van der Waals surface area contributed by atoms with Gasteiger partial charge in [0, 0.05) is 12.6 Å². The van der Waals surface area contributed by atoms with E-state index in [2.05, 4.69) is 44.0 Å². The Hall–Kier alpha value is -1.06. The van der Waals surface area contributed by atoms with Crippen molar-refractivity contribution in [3.63, 3.8) is 0 Å². The van der Waals surface area contributed by atoms with Gasteiger partial charge in [-0.05, 0) is 55.1 Å². The van der Waals surface area contributed by atoms with E-state index in [-0.39, 0.29) is 5.41 Å². The lowest BCUT2D eigenvalue weighted by molar-refractivity contribution is 0.0958. The smallest absolute Gasteiger partial charge is 0.119 e. The summed E-state index contributed by atoms with van der Waals surface area (Å²) in [5.41, 5.74) is 8.84. The normalized spacial score (nSPS) is 20.2. The zero-order chi connectivity index (χ0) is 14.0. The van der Waals surface area contributed by atoms with E-state index in [4.69, 9.17) is 10.5 Å². The molecule has 106 valence electrons. The summed E-state index contributed by atoms with van der Waals surface area (Å²) in [5.74, 6) is 0.957. The predicted octanol–water partition coefficient (Wildman–Crippen LogP) is 2.60. The second-order valence-electron chi connectivity index (χ2n) is 6.23. The van der Waals surface area contributed by atoms with E-state index in [0.29, 0.717) is 6.04 Å². The van der Waals surface area contributed by atoms with Crippen molar-refractivity contribution in [3.05, 3.63) is 29.3 Å². The van der Waals surface area contributed by atoms with Crippen molar-refractivity contribution in [2.75, 3.05) is 27.2 Å². The van der Waals surface area contributed by atoms with Crippen LogP contribution in [0.15, 0.2) is 18.2 Å². The molecule has 0 bridgehead atoms. The second kappa shape index (κ2) is 5.51. The maximum absolute atomic E-state index is 5.79. The van der Waals surface area contributed by atoms with Crippen molar-refractivity contribution in [2.24, 2.45) is 11.1 Å². The highest BCUT2D eigenvalue weighted by Gasteiger charge is 2.36. The van der Waals surface area contributed by atoms with Gasteiger partial charge in [-0.15, -0.1) is 0 Å². The van der Waals surface area contributed by atoms with Gasteiger partial charge in [-0.2, -0.15) is 0 Å². The lowest BCUT2D eigenvalue weighted by Gasteiger charge is -2.44. The van der Waals surface area contributed by atoms with Crippen LogP contribution in [0.5, 0.6) is 5.75 Å². The molecule has 19 heavy (non-hydrogen) atoms. The first-order chi connectivity index (χ1) is 8.99. The van der Waals surface area contributed by atoms with E-state index in [1.54, 1.807) is 7.11 Å². The van der Waals surface area contributed by atoms with Crippen LogP contribution in [0.4, 0.5) is 0 Å². The standard InChI is InChI=1S/C16H26N2O/c1-16(2,8-9-17)15-14-6-5-13(19-4)11-12(14)7-10-18(15)3/h5-6,11,15H,7-10,17H2,1-4H3. The van der Waals surface area contributed by atoms with Gasteiger partial charge in [-0.3, -0.25) is 4.90 Å². The third-order valence-corrected chi connectivity index (χ3v) is 4.35. The molecule has 3 nitrogen and oxygen atoms in total. The molecule has 1 heterocycles. The minimum atomic E-state index is 0.188. The summed E-state index contributed by atoms with van der Waals surface area (Å²) >= 11 is 0. The van der Waals surface area contributed by atoms with Crippen molar-refractivity contribution in [2.45, 2.75) is 32.7 Å². The molecule has 1 atom stereocenters. The SMILES string of the molecule is COc1ccc2c(c1)CCN(C)C2C(C)(C)CCN. The first-order valence-corrected chi connectivity index (χ1v) is 7.06. The van der Waals surface area contributed by atoms with Gasteiger partial charge in [0.2, 0.25) is 0 Å². The molecule has 0 fully saturated rings. The Morgan fingerprint density at radius 3 is 2.79 bits per heavy atom. The van der Waals surface area contributed by atoms with Gasteiger partial charge in [-0.1, -0.05) is 19.9 Å². The fourth-order valence-corrected chi connectivity index (χ4v) is 3.38. The third-order valence-electron chi connectivity index (χ3n) is 4.35. The zero-order valence-electron chi connectivity index (χ0n) is 12.6. The molecule has 0 radical (unpaired) electrons. The summed E-state index contributed by atoms with van der Waals surface area (Å²) in [5, 5.41) is 0. The van der Waals surface area contributed by atoms with Crippen LogP contribution < -0.4 is 10.5 Å². The van der Waals surface area contributed by atoms with Crippen molar-refractivity contribution in [1.82, 2.24) is 4.90 Å². The summed E-state index contributed by atoms with van der Waals surface area (Å²) in [4.78, 5) is 2.46. The van der Waals surface area contributed by atoms with Crippen LogP contribution in [0.2, 0.25) is 0 Å². The molecule has 2 rings (SSSR count). The topological polar surface area (TPSA) is 38.5 Å². The summed E-state index contributed by atoms with van der Waals surface area (Å²) in [6.07, 6.45) is 2.13. The number of nitrogens with zero attached hydrogens (tertiary/aromatic N) is 1. The average molecular weight is 262 g/mol. The molecule has 0 aromatic heterocycles. The molecule has 0 amide bonds. The van der Waals surface area contributed by atoms with E-state index < -0.39 is 0 Å². The number of ether oxygens (including phenoxy) is 1. The fraction of sp³-hybridized carbons (Fsp3) is 0.625. The summed E-state index contributed by atoms with van der Waals surface area (Å²) in [6, 6.07) is 6.93. The van der Waals surface area contributed by atoms with Gasteiger partial charge in [0.15, 0.2) is 0 Å². The number of fused-ring (bicyclic) bond motifs is 1. The van der Waals surface area contributed by atoms with E-state index in [0.717, 1.165) is 31.7 Å². The number of hydrogen-bond donors (Lipinski definition) is 1. The van der Waals surface area contributed by atoms with Crippen LogP contribution in [0.1, 0.15) is 37.4 Å². The molecule has 1 aromatic rings. The van der Waals surface area contributed by atoms with Crippen LogP contribution in [0.25, 0.3) is 0 Å². The molecular weight excluding hydrogens is 236 g/mol. The molecule has 0 aliphatic carbocycles. The maximum atomic E-state index is 5.79. The van der Waals surface area contributed by atoms with E-state index in [1.807, 2.05) is 0 Å². The quantitative estimate of drug-likeness (QED) is 0.906. The van der Waals surface area contributed by atoms with Crippen LogP contribution in [-0.2, 0) is 6.42 Å². The highest BCUT2D eigenvalue weighted by Crippen LogP contribution is 2.44. The first kappa shape index (κ1) is 14.4. The number of benzene rings is 1. The van der Waals surface area contributed by atoms with Gasteiger partial charge in [0.25, 0.3) is 0 Å². The lowest BCUT2D eigenvalue weighted by atomic mass is 9.74. The van der Waals surface area contributed by atoms with Crippen LogP contribution in [0.3, 0.4) is 0 Å². The highest BCUT2D eigenvalue weighted by atomic mass is 16.5. The van der Waals surface area contributed by atoms with Crippen LogP contribution in [0, 0.1) is 5.41 Å². The Bertz CT molecular complexity index is 442. The van der Waals surface area contributed by atoms with Crippen LogP contribution >= 0.6 is 0 Å². The molecule has 1 unspecified atom stereocenters. The fourth-order valence-electron chi connectivity index (χ4n) is 3.38. The van der Waals surface area contributed by atoms with E-state index in [1.165, 1.54) is 11.1 Å². The number of methoxy groups -OCH3 is 1. The average Bonchev–Trinajstić information content (AvgIpc) is 2.37. The molecule has 0 spiro atoms. The van der Waals surface area contributed by atoms with Crippen molar-refractivity contribution >= 4 is 0 Å². The molecule has 3 heteroatoms. The lowest BCUT2D eigenvalue weighted by Crippen LogP contribution is -2.41. The number of rotatable bonds is 4. The Labute approximate surface area is 116 Å². The van der Waals surface area contributed by atoms with Crippen molar-refractivity contribution in [3.8, 4) is 5.75 Å². The maximum Gasteiger partial charge on any atom is 0.119 e. The summed E-state index contributed by atoms with van der Waals surface area (Å²) < 4.78 is 5.34. The largest absolute Gasteiger partial charge is 0.497 e. The van der Waals surface area contributed by atoms with Gasteiger partial charge in [0.05, 0.1) is 7.11 Å². The van der Waals surface area contributed by atoms with Gasteiger partial charge < -0.3 is 10.5 Å². The molecular formula is C16H26N2O. The molecule has 2 N–H and O–H groups in total. The Morgan fingerprint density at radius 1 is 1.42 bits per heavy atom. The third kappa shape index (κ3) is 2.77. The molecule has 0 saturated carbocycles. The summed E-state index contributed by atoms with van der Waals surface area (Å²) in [7, 11) is 3.95. The van der Waals surface area contributed by atoms with Gasteiger partial charge >= 0.3 is 0 Å². The number of likely N-dealkylation sites (N-methyl/N-ethyl adjacent to an activating group) is 1. The van der Waals surface area contributed by atoms with E-state index in [9.17, 15) is 0 Å². The Morgan fingerprint density at radius 2 is 2.16 bits per heavy atom. The zero-order valence-corrected chi connectivity index (χ0v) is 12.6. The second-order valence-corrected chi connectivity index (χ2v) is 6.23. The molecule has 1 aliphatic heterocycles. The Balaban J connectivity index is 2.40. The number of hydrogen-bond acceptors (Lipinski definition) is 3. The molecule has 1 aromatic carbocycles. The van der Waals surface area contributed by atoms with Gasteiger partial charge in [-0.25, -0.2) is 0 Å². The monoisotopic (exact) mass is 262 g/mol. The highest BCUT2D eigenvalue weighted by molar-refractivity contribution is 5.40. The van der Waals surface area contributed by atoms with Crippen molar-refractivity contribution in [1.29, 1.82) is 0 Å².